The van der Waals surface area contributed by atoms with Crippen molar-refractivity contribution in [2.45, 2.75) is 6.92 Å². The number of benzene rings is 2. The SMILES string of the molecule is Cc1ccoc1C(=O)c1ccc(-c2ccccc2)cc1. The Morgan fingerprint density at radius 2 is 1.50 bits per heavy atom. The van der Waals surface area contributed by atoms with Crippen LogP contribution in [-0.4, -0.2) is 5.78 Å². The molecule has 98 valence electrons. The highest BCUT2D eigenvalue weighted by atomic mass is 16.3. The summed E-state index contributed by atoms with van der Waals surface area (Å²) in [5.41, 5.74) is 3.74. The minimum absolute atomic E-state index is 0.0767. The zero-order chi connectivity index (χ0) is 13.9. The number of carbonyl (C=O) groups is 1. The number of carbonyl (C=O) groups excluding carboxylic acids is 1. The number of furan rings is 1. The summed E-state index contributed by atoms with van der Waals surface area (Å²) in [6, 6.07) is 19.5. The first-order valence-electron chi connectivity index (χ1n) is 6.50. The Morgan fingerprint density at radius 3 is 2.10 bits per heavy atom. The molecule has 1 aromatic heterocycles. The van der Waals surface area contributed by atoms with Crippen LogP contribution in [0.4, 0.5) is 0 Å². The van der Waals surface area contributed by atoms with Crippen molar-refractivity contribution in [3.8, 4) is 11.1 Å². The fraction of sp³-hybridized carbons (Fsp3) is 0.0556. The lowest BCUT2D eigenvalue weighted by Crippen LogP contribution is -2.01. The molecular weight excluding hydrogens is 248 g/mol. The third-order valence-corrected chi connectivity index (χ3v) is 3.32. The molecule has 0 unspecified atom stereocenters. The Kier molecular flexibility index (Phi) is 3.21. The minimum Gasteiger partial charge on any atom is -0.461 e. The van der Waals surface area contributed by atoms with Crippen LogP contribution in [0.2, 0.25) is 0 Å². The van der Waals surface area contributed by atoms with E-state index >= 15 is 0 Å². The summed E-state index contributed by atoms with van der Waals surface area (Å²) in [6.45, 7) is 1.87. The van der Waals surface area contributed by atoms with Crippen LogP contribution < -0.4 is 0 Å². The largest absolute Gasteiger partial charge is 0.461 e. The summed E-state index contributed by atoms with van der Waals surface area (Å²) < 4.78 is 5.25. The Morgan fingerprint density at radius 1 is 0.850 bits per heavy atom. The molecule has 0 radical (unpaired) electrons. The van der Waals surface area contributed by atoms with E-state index in [0.29, 0.717) is 11.3 Å². The molecule has 20 heavy (non-hydrogen) atoms. The van der Waals surface area contributed by atoms with Crippen LogP contribution in [0.5, 0.6) is 0 Å². The maximum atomic E-state index is 12.3. The van der Waals surface area contributed by atoms with E-state index in [1.165, 1.54) is 0 Å². The first-order valence-corrected chi connectivity index (χ1v) is 6.50. The Balaban J connectivity index is 1.91. The molecule has 0 spiro atoms. The number of hydrogen-bond acceptors (Lipinski definition) is 2. The number of aryl methyl sites for hydroxylation is 1. The molecule has 2 heteroatoms. The Bertz CT molecular complexity index is 722. The van der Waals surface area contributed by atoms with Crippen molar-refractivity contribution in [2.24, 2.45) is 0 Å². The lowest BCUT2D eigenvalue weighted by molar-refractivity contribution is 0.101. The van der Waals surface area contributed by atoms with Crippen molar-refractivity contribution in [1.29, 1.82) is 0 Å². The summed E-state index contributed by atoms with van der Waals surface area (Å²) in [5.74, 6) is 0.338. The van der Waals surface area contributed by atoms with Gasteiger partial charge in [0.1, 0.15) is 0 Å². The van der Waals surface area contributed by atoms with Gasteiger partial charge in [0, 0.05) is 5.56 Å². The van der Waals surface area contributed by atoms with Gasteiger partial charge in [-0.2, -0.15) is 0 Å². The highest BCUT2D eigenvalue weighted by Gasteiger charge is 2.14. The quantitative estimate of drug-likeness (QED) is 0.651. The predicted molar refractivity (Wildman–Crippen MR) is 78.8 cm³/mol. The fourth-order valence-corrected chi connectivity index (χ4v) is 2.18. The van der Waals surface area contributed by atoms with E-state index in [2.05, 4.69) is 0 Å². The van der Waals surface area contributed by atoms with E-state index in [4.69, 9.17) is 4.42 Å². The molecular formula is C18H14O2. The minimum atomic E-state index is -0.0767. The lowest BCUT2D eigenvalue weighted by atomic mass is 10.0. The first kappa shape index (κ1) is 12.4. The molecule has 0 saturated carbocycles. The maximum Gasteiger partial charge on any atom is 0.228 e. The molecule has 2 nitrogen and oxygen atoms in total. The van der Waals surface area contributed by atoms with E-state index in [1.807, 2.05) is 61.5 Å². The number of hydrogen-bond donors (Lipinski definition) is 0. The highest BCUT2D eigenvalue weighted by Crippen LogP contribution is 2.21. The molecule has 0 aliphatic heterocycles. The average molecular weight is 262 g/mol. The van der Waals surface area contributed by atoms with Gasteiger partial charge in [0.15, 0.2) is 5.76 Å². The molecule has 0 N–H and O–H groups in total. The van der Waals surface area contributed by atoms with Gasteiger partial charge >= 0.3 is 0 Å². The second kappa shape index (κ2) is 5.17. The van der Waals surface area contributed by atoms with Crippen LogP contribution >= 0.6 is 0 Å². The van der Waals surface area contributed by atoms with E-state index in [0.717, 1.165) is 16.7 Å². The van der Waals surface area contributed by atoms with E-state index in [1.54, 1.807) is 12.3 Å². The predicted octanol–water partition coefficient (Wildman–Crippen LogP) is 4.49. The molecule has 0 bridgehead atoms. The summed E-state index contributed by atoms with van der Waals surface area (Å²) >= 11 is 0. The van der Waals surface area contributed by atoms with Gasteiger partial charge in [-0.25, -0.2) is 0 Å². The van der Waals surface area contributed by atoms with Gasteiger partial charge < -0.3 is 4.42 Å². The topological polar surface area (TPSA) is 30.2 Å². The van der Waals surface area contributed by atoms with Crippen molar-refractivity contribution >= 4 is 5.78 Å². The molecule has 0 saturated heterocycles. The molecule has 0 aliphatic carbocycles. The molecule has 3 rings (SSSR count). The molecule has 0 amide bonds. The monoisotopic (exact) mass is 262 g/mol. The molecule has 3 aromatic rings. The molecule has 2 aromatic carbocycles. The maximum absolute atomic E-state index is 12.3. The zero-order valence-electron chi connectivity index (χ0n) is 11.2. The highest BCUT2D eigenvalue weighted by molar-refractivity contribution is 6.08. The van der Waals surface area contributed by atoms with Crippen LogP contribution in [-0.2, 0) is 0 Å². The standard InChI is InChI=1S/C18H14O2/c1-13-11-12-20-18(13)17(19)16-9-7-15(8-10-16)14-5-3-2-4-6-14/h2-12H,1H3. The Labute approximate surface area is 117 Å². The average Bonchev–Trinajstić information content (AvgIpc) is 2.94. The third-order valence-electron chi connectivity index (χ3n) is 3.32. The van der Waals surface area contributed by atoms with Crippen molar-refractivity contribution in [1.82, 2.24) is 0 Å². The van der Waals surface area contributed by atoms with E-state index in [9.17, 15) is 4.79 Å². The van der Waals surface area contributed by atoms with Crippen LogP contribution in [0, 0.1) is 6.92 Å². The molecule has 1 heterocycles. The van der Waals surface area contributed by atoms with Crippen molar-refractivity contribution in [3.63, 3.8) is 0 Å². The second-order valence-corrected chi connectivity index (χ2v) is 4.71. The first-order chi connectivity index (χ1) is 9.75. The van der Waals surface area contributed by atoms with Gasteiger partial charge in [-0.15, -0.1) is 0 Å². The van der Waals surface area contributed by atoms with Gasteiger partial charge in [0.25, 0.3) is 0 Å². The van der Waals surface area contributed by atoms with Crippen LogP contribution in [0.3, 0.4) is 0 Å². The van der Waals surface area contributed by atoms with Gasteiger partial charge in [0.05, 0.1) is 6.26 Å². The lowest BCUT2D eigenvalue weighted by Gasteiger charge is -2.03. The van der Waals surface area contributed by atoms with Crippen molar-refractivity contribution in [2.75, 3.05) is 0 Å². The van der Waals surface area contributed by atoms with Crippen LogP contribution in [0.15, 0.2) is 71.3 Å². The van der Waals surface area contributed by atoms with E-state index < -0.39 is 0 Å². The second-order valence-electron chi connectivity index (χ2n) is 4.71. The smallest absolute Gasteiger partial charge is 0.228 e. The summed E-state index contributed by atoms with van der Waals surface area (Å²) in [6.07, 6.45) is 1.54. The Hall–Kier alpha value is -2.61. The van der Waals surface area contributed by atoms with Crippen molar-refractivity contribution in [3.05, 3.63) is 83.8 Å². The molecule has 0 atom stereocenters. The zero-order valence-corrected chi connectivity index (χ0v) is 11.2. The van der Waals surface area contributed by atoms with Crippen LogP contribution in [0.25, 0.3) is 11.1 Å². The van der Waals surface area contributed by atoms with Crippen molar-refractivity contribution < 1.29 is 9.21 Å². The number of ketones is 1. The summed E-state index contributed by atoms with van der Waals surface area (Å²) in [4.78, 5) is 12.3. The van der Waals surface area contributed by atoms with Crippen LogP contribution in [0.1, 0.15) is 21.7 Å². The van der Waals surface area contributed by atoms with E-state index in [-0.39, 0.29) is 5.78 Å². The number of rotatable bonds is 3. The summed E-state index contributed by atoms with van der Waals surface area (Å²) in [7, 11) is 0. The van der Waals surface area contributed by atoms with Gasteiger partial charge in [-0.1, -0.05) is 54.6 Å². The summed E-state index contributed by atoms with van der Waals surface area (Å²) in [5, 5.41) is 0. The third kappa shape index (κ3) is 2.28. The molecule has 0 fully saturated rings. The van der Waals surface area contributed by atoms with Gasteiger partial charge in [0.2, 0.25) is 5.78 Å². The normalized spacial score (nSPS) is 10.4. The molecule has 0 aliphatic rings. The van der Waals surface area contributed by atoms with Gasteiger partial charge in [-0.3, -0.25) is 4.79 Å². The van der Waals surface area contributed by atoms with Gasteiger partial charge in [-0.05, 0) is 29.7 Å². The fourth-order valence-electron chi connectivity index (χ4n) is 2.18.